The molecule has 0 aliphatic carbocycles. The number of hydrogen-bond donors (Lipinski definition) is 2. The molecule has 4 nitrogen and oxygen atoms in total. The summed E-state index contributed by atoms with van der Waals surface area (Å²) in [7, 11) is 9.78. The maximum atomic E-state index is 13.8. The molecule has 4 rings (SSSR count). The van der Waals surface area contributed by atoms with Crippen LogP contribution >= 0.6 is 18.6 Å². The van der Waals surface area contributed by atoms with Gasteiger partial charge in [0.25, 0.3) is 0 Å². The summed E-state index contributed by atoms with van der Waals surface area (Å²) in [5, 5.41) is 21.2. The predicted octanol–water partition coefficient (Wildman–Crippen LogP) is 14.2. The Morgan fingerprint density at radius 1 is 0.424 bits per heavy atom. The summed E-state index contributed by atoms with van der Waals surface area (Å²) in [5.41, 5.74) is -1.19. The standard InChI is InChI=1S/2C21H22F5NO.2ClH.Ti/c2*1-20(2,3)11-7-10(19(28)12(8-11)21(4,5)6)9-27-18-16(25)14(23)13(22)15(24)17(18)26;;;/h2*7-9,28H,1-6H3;2*1H;/q;;;;+2/p-2. The van der Waals surface area contributed by atoms with E-state index in [-0.39, 0.29) is 33.5 Å². The van der Waals surface area contributed by atoms with Gasteiger partial charge in [0.05, 0.1) is 0 Å². The number of aromatic hydroxyl groups is 2. The zero-order valence-electron chi connectivity index (χ0n) is 34.3. The molecule has 0 aromatic heterocycles. The number of nitrogens with zero attached hydrogens (tertiary/aromatic N) is 2. The van der Waals surface area contributed by atoms with Crippen LogP contribution in [0.2, 0.25) is 0 Å². The Morgan fingerprint density at radius 2 is 0.644 bits per heavy atom. The average molecular weight is 918 g/mol. The van der Waals surface area contributed by atoms with Crippen molar-refractivity contribution in [2.45, 2.75) is 105 Å². The first-order valence-electron chi connectivity index (χ1n) is 17.6. The Labute approximate surface area is 354 Å². The normalized spacial score (nSPS) is 12.4. The van der Waals surface area contributed by atoms with Gasteiger partial charge in [0.15, 0.2) is 46.5 Å². The van der Waals surface area contributed by atoms with Crippen molar-refractivity contribution in [2.75, 3.05) is 0 Å². The van der Waals surface area contributed by atoms with Crippen LogP contribution in [0.5, 0.6) is 11.5 Å². The van der Waals surface area contributed by atoms with Crippen molar-refractivity contribution in [3.8, 4) is 11.5 Å². The van der Waals surface area contributed by atoms with E-state index in [2.05, 4.69) is 9.98 Å². The molecule has 0 aliphatic heterocycles. The molecule has 4 aromatic carbocycles. The van der Waals surface area contributed by atoms with Crippen LogP contribution < -0.4 is 0 Å². The van der Waals surface area contributed by atoms with Crippen LogP contribution in [0.4, 0.5) is 55.3 Å². The fourth-order valence-electron chi connectivity index (χ4n) is 5.20. The van der Waals surface area contributed by atoms with Gasteiger partial charge in [-0.05, 0) is 44.9 Å². The number of benzene rings is 4. The molecule has 0 heterocycles. The molecule has 322 valence electrons. The molecular weight excluding hydrogens is 873 g/mol. The summed E-state index contributed by atoms with van der Waals surface area (Å²) < 4.78 is 135. The van der Waals surface area contributed by atoms with Crippen LogP contribution in [0.1, 0.15) is 116 Å². The first-order valence-corrected chi connectivity index (χ1v) is 21.9. The monoisotopic (exact) mass is 916 g/mol. The molecule has 0 radical (unpaired) electrons. The van der Waals surface area contributed by atoms with E-state index in [9.17, 15) is 54.1 Å². The van der Waals surface area contributed by atoms with Gasteiger partial charge in [-0.25, -0.2) is 53.9 Å². The van der Waals surface area contributed by atoms with Crippen molar-refractivity contribution >= 4 is 42.4 Å². The SMILES string of the molecule is CC(C)(C)c1cc(C=Nc2c(F)c(F)c(F)c(F)c2F)c(O)c(C(C)(C)C)c1.CC(C)(C)c1cc(C=Nc2c(F)c(F)c(F)c(F)c2F)c(O)c(C(C)(C)C)c1.[Cl][Ti][Cl]. The van der Waals surface area contributed by atoms with Crippen LogP contribution in [0.25, 0.3) is 0 Å². The number of aliphatic imine (C=N–C) groups is 2. The Hall–Kier alpha value is -3.59. The van der Waals surface area contributed by atoms with E-state index >= 15 is 0 Å². The quantitative estimate of drug-likeness (QED) is 0.0704. The molecule has 0 aliphatic rings. The van der Waals surface area contributed by atoms with E-state index in [0.29, 0.717) is 11.1 Å². The fraction of sp³-hybridized carbons (Fsp3) is 0.381. The third-order valence-electron chi connectivity index (χ3n) is 8.67. The molecule has 0 bridgehead atoms. The summed E-state index contributed by atoms with van der Waals surface area (Å²) in [6, 6.07) is 6.79. The summed E-state index contributed by atoms with van der Waals surface area (Å²) >= 11 is -0.556. The van der Waals surface area contributed by atoms with Crippen LogP contribution in [0.3, 0.4) is 0 Å². The minimum absolute atomic E-state index is 0.112. The molecule has 4 aromatic rings. The molecule has 0 fully saturated rings. The first-order chi connectivity index (χ1) is 26.7. The van der Waals surface area contributed by atoms with Gasteiger partial charge < -0.3 is 10.2 Å². The topological polar surface area (TPSA) is 65.2 Å². The van der Waals surface area contributed by atoms with Gasteiger partial charge in [-0.2, -0.15) is 0 Å². The molecule has 0 saturated heterocycles. The van der Waals surface area contributed by atoms with Crippen LogP contribution in [-0.2, 0) is 38.7 Å². The van der Waals surface area contributed by atoms with Gasteiger partial charge in [0, 0.05) is 34.7 Å². The zero-order chi connectivity index (χ0) is 45.9. The van der Waals surface area contributed by atoms with Gasteiger partial charge in [0.2, 0.25) is 11.6 Å². The maximum absolute atomic E-state index is 13.8. The zero-order valence-corrected chi connectivity index (χ0v) is 37.4. The predicted molar refractivity (Wildman–Crippen MR) is 210 cm³/mol. The second-order valence-electron chi connectivity index (χ2n) is 17.3. The molecule has 0 atom stereocenters. The molecule has 0 unspecified atom stereocenters. The number of rotatable bonds is 4. The molecule has 0 spiro atoms. The van der Waals surface area contributed by atoms with Gasteiger partial charge in [0.1, 0.15) is 22.9 Å². The second kappa shape index (κ2) is 19.4. The van der Waals surface area contributed by atoms with Gasteiger partial charge in [-0.3, -0.25) is 0 Å². The Kier molecular flexibility index (Phi) is 17.0. The van der Waals surface area contributed by atoms with E-state index in [1.807, 2.05) is 95.2 Å². The van der Waals surface area contributed by atoms with E-state index in [4.69, 9.17) is 18.6 Å². The minimum atomic E-state index is -2.25. The summed E-state index contributed by atoms with van der Waals surface area (Å²) in [5.74, 6) is -21.3. The average Bonchev–Trinajstić information content (AvgIpc) is 3.11. The Morgan fingerprint density at radius 3 is 0.847 bits per heavy atom. The number of phenols is 2. The van der Waals surface area contributed by atoms with Crippen LogP contribution in [0, 0.1) is 58.2 Å². The van der Waals surface area contributed by atoms with Crippen molar-refractivity contribution in [1.82, 2.24) is 0 Å². The van der Waals surface area contributed by atoms with E-state index in [1.165, 1.54) is 0 Å². The van der Waals surface area contributed by atoms with E-state index in [0.717, 1.165) is 23.6 Å². The van der Waals surface area contributed by atoms with Crippen LogP contribution in [0.15, 0.2) is 34.3 Å². The van der Waals surface area contributed by atoms with Gasteiger partial charge in [-0.1, -0.05) is 95.2 Å². The second-order valence-corrected chi connectivity index (χ2v) is 19.9. The third kappa shape index (κ3) is 12.3. The molecule has 2 N–H and O–H groups in total. The van der Waals surface area contributed by atoms with Crippen molar-refractivity contribution < 1.29 is 71.1 Å². The van der Waals surface area contributed by atoms with Crippen molar-refractivity contribution in [2.24, 2.45) is 9.98 Å². The molecular formula is C42H44Cl2F10N2O2Ti. The summed E-state index contributed by atoms with van der Waals surface area (Å²) in [6.45, 7) is 22.9. The van der Waals surface area contributed by atoms with E-state index < -0.39 is 97.4 Å². The van der Waals surface area contributed by atoms with Crippen LogP contribution in [-0.4, -0.2) is 22.6 Å². The molecule has 0 saturated carbocycles. The Bertz CT molecular complexity index is 2040. The first kappa shape index (κ1) is 51.6. The van der Waals surface area contributed by atoms with Gasteiger partial charge >= 0.3 is 35.6 Å². The third-order valence-corrected chi connectivity index (χ3v) is 8.67. The molecule has 17 heteroatoms. The number of halogens is 12. The van der Waals surface area contributed by atoms with Crippen molar-refractivity contribution in [3.63, 3.8) is 0 Å². The van der Waals surface area contributed by atoms with Gasteiger partial charge in [-0.15, -0.1) is 0 Å². The number of hydrogen-bond acceptors (Lipinski definition) is 4. The van der Waals surface area contributed by atoms with Crippen molar-refractivity contribution in [1.29, 1.82) is 0 Å². The Balaban J connectivity index is 0.000000381. The summed E-state index contributed by atoms with van der Waals surface area (Å²) in [4.78, 5) is 6.93. The van der Waals surface area contributed by atoms with Crippen molar-refractivity contribution in [3.05, 3.63) is 116 Å². The molecule has 0 amide bonds. The number of phenolic OH excluding ortho intramolecular Hbond substituents is 2. The van der Waals surface area contributed by atoms with E-state index in [1.54, 1.807) is 12.1 Å². The summed E-state index contributed by atoms with van der Waals surface area (Å²) in [6.07, 6.45) is 1.80. The fourth-order valence-corrected chi connectivity index (χ4v) is 5.20. The molecule has 59 heavy (non-hydrogen) atoms.